The molecule has 3 aromatic rings. The molecule has 1 amide bonds. The van der Waals surface area contributed by atoms with Crippen LogP contribution in [-0.4, -0.2) is 31.0 Å². The largest absolute Gasteiger partial charge is 0.345 e. The third-order valence-electron chi connectivity index (χ3n) is 3.54. The second-order valence-electron chi connectivity index (χ2n) is 5.39. The number of non-ortho nitro benzene ring substituents is 1. The molecular formula is C17H13BrN6O3. The summed E-state index contributed by atoms with van der Waals surface area (Å²) in [6.45, 7) is 0.142. The number of nitrogens with zero attached hydrogens (tertiary/aromatic N) is 5. The van der Waals surface area contributed by atoms with E-state index < -0.39 is 4.92 Å². The van der Waals surface area contributed by atoms with E-state index in [-0.39, 0.29) is 18.1 Å². The van der Waals surface area contributed by atoms with E-state index in [1.165, 1.54) is 22.9 Å². The molecule has 136 valence electrons. The van der Waals surface area contributed by atoms with Gasteiger partial charge in [0.05, 0.1) is 17.2 Å². The molecule has 27 heavy (non-hydrogen) atoms. The average molecular weight is 429 g/mol. The van der Waals surface area contributed by atoms with Crippen molar-refractivity contribution in [2.24, 2.45) is 0 Å². The van der Waals surface area contributed by atoms with Gasteiger partial charge in [-0.15, -0.1) is 5.10 Å². The molecule has 0 spiro atoms. The summed E-state index contributed by atoms with van der Waals surface area (Å²) < 4.78 is 2.42. The van der Waals surface area contributed by atoms with Crippen molar-refractivity contribution < 1.29 is 9.72 Å². The highest BCUT2D eigenvalue weighted by molar-refractivity contribution is 9.10. The second-order valence-corrected chi connectivity index (χ2v) is 6.30. The fourth-order valence-electron chi connectivity index (χ4n) is 2.23. The maximum atomic E-state index is 12.0. The molecule has 0 bridgehead atoms. The van der Waals surface area contributed by atoms with Gasteiger partial charge in [-0.05, 0) is 52.4 Å². The predicted molar refractivity (Wildman–Crippen MR) is 101 cm³/mol. The Morgan fingerprint density at radius 1 is 1.26 bits per heavy atom. The maximum Gasteiger partial charge on any atom is 0.269 e. The minimum Gasteiger partial charge on any atom is -0.345 e. The van der Waals surface area contributed by atoms with Crippen LogP contribution >= 0.6 is 15.9 Å². The van der Waals surface area contributed by atoms with E-state index in [1.807, 2.05) is 24.3 Å². The van der Waals surface area contributed by atoms with Gasteiger partial charge in [0.1, 0.15) is 0 Å². The number of hydrogen-bond acceptors (Lipinski definition) is 6. The Morgan fingerprint density at radius 3 is 2.74 bits per heavy atom. The van der Waals surface area contributed by atoms with Crippen LogP contribution in [0.25, 0.3) is 11.8 Å². The molecule has 1 aromatic heterocycles. The third kappa shape index (κ3) is 4.82. The maximum absolute atomic E-state index is 12.0. The number of hydrogen-bond donors (Lipinski definition) is 1. The zero-order valence-corrected chi connectivity index (χ0v) is 15.4. The van der Waals surface area contributed by atoms with Crippen molar-refractivity contribution in [2.75, 3.05) is 0 Å². The molecule has 1 heterocycles. The van der Waals surface area contributed by atoms with Crippen LogP contribution in [-0.2, 0) is 11.3 Å². The summed E-state index contributed by atoms with van der Waals surface area (Å²) in [5.74, 6) is 0.141. The molecule has 3 rings (SSSR count). The number of nitrogens with one attached hydrogen (secondary N) is 1. The lowest BCUT2D eigenvalue weighted by molar-refractivity contribution is -0.384. The van der Waals surface area contributed by atoms with Crippen molar-refractivity contribution in [1.29, 1.82) is 0 Å². The number of aromatic nitrogens is 4. The zero-order chi connectivity index (χ0) is 19.2. The average Bonchev–Trinajstić information content (AvgIpc) is 3.13. The van der Waals surface area contributed by atoms with Gasteiger partial charge in [-0.1, -0.05) is 22.0 Å². The molecule has 0 atom stereocenters. The number of tetrazole rings is 1. The van der Waals surface area contributed by atoms with Crippen LogP contribution in [0.2, 0.25) is 0 Å². The van der Waals surface area contributed by atoms with Gasteiger partial charge in [-0.2, -0.15) is 4.68 Å². The Bertz CT molecular complexity index is 1000. The van der Waals surface area contributed by atoms with E-state index in [4.69, 9.17) is 0 Å². The highest BCUT2D eigenvalue weighted by Gasteiger charge is 2.09. The van der Waals surface area contributed by atoms with Crippen molar-refractivity contribution in [2.45, 2.75) is 6.54 Å². The topological polar surface area (TPSA) is 116 Å². The van der Waals surface area contributed by atoms with Crippen molar-refractivity contribution in [3.05, 3.63) is 80.6 Å². The quantitative estimate of drug-likeness (QED) is 0.366. The minimum absolute atomic E-state index is 0.00372. The van der Waals surface area contributed by atoms with E-state index in [0.717, 1.165) is 10.2 Å². The standard InChI is InChI=1S/C17H13BrN6O3/c18-13-2-1-3-15(10-13)23-16(20-21-22-23)11-19-17(25)9-6-12-4-7-14(8-5-12)24(26)27/h1-10H,11H2,(H,19,25)/b9-6+. The Kier molecular flexibility index (Phi) is 5.67. The summed E-state index contributed by atoms with van der Waals surface area (Å²) in [5.41, 5.74) is 1.44. The normalized spacial score (nSPS) is 10.9. The first-order chi connectivity index (χ1) is 13.0. The van der Waals surface area contributed by atoms with E-state index in [9.17, 15) is 14.9 Å². The Morgan fingerprint density at radius 2 is 2.04 bits per heavy atom. The lowest BCUT2D eigenvalue weighted by Crippen LogP contribution is -2.22. The molecule has 0 radical (unpaired) electrons. The Balaban J connectivity index is 1.61. The SMILES string of the molecule is O=C(/C=C/c1ccc([N+](=O)[O-])cc1)NCc1nnnn1-c1cccc(Br)c1. The number of amides is 1. The molecule has 0 saturated heterocycles. The first kappa shape index (κ1) is 18.4. The Labute approximate surface area is 162 Å². The van der Waals surface area contributed by atoms with Crippen LogP contribution in [0.3, 0.4) is 0 Å². The summed E-state index contributed by atoms with van der Waals surface area (Å²) in [7, 11) is 0. The summed E-state index contributed by atoms with van der Waals surface area (Å²) >= 11 is 3.39. The monoisotopic (exact) mass is 428 g/mol. The molecule has 10 heteroatoms. The van der Waals surface area contributed by atoms with E-state index in [1.54, 1.807) is 18.2 Å². The van der Waals surface area contributed by atoms with Crippen LogP contribution in [0.1, 0.15) is 11.4 Å². The fraction of sp³-hybridized carbons (Fsp3) is 0.0588. The molecule has 0 unspecified atom stereocenters. The summed E-state index contributed by atoms with van der Waals surface area (Å²) in [6.07, 6.45) is 2.91. The van der Waals surface area contributed by atoms with E-state index >= 15 is 0 Å². The van der Waals surface area contributed by atoms with Gasteiger partial charge in [-0.25, -0.2) is 0 Å². The van der Waals surface area contributed by atoms with Crippen molar-refractivity contribution in [3.8, 4) is 5.69 Å². The van der Waals surface area contributed by atoms with Crippen molar-refractivity contribution in [1.82, 2.24) is 25.5 Å². The molecule has 0 aliphatic rings. The summed E-state index contributed by atoms with van der Waals surface area (Å²) in [5, 5.41) is 24.8. The second kappa shape index (κ2) is 8.32. The van der Waals surface area contributed by atoms with E-state index in [0.29, 0.717) is 11.4 Å². The van der Waals surface area contributed by atoms with Crippen molar-refractivity contribution >= 4 is 33.6 Å². The van der Waals surface area contributed by atoms with Gasteiger partial charge in [0.25, 0.3) is 5.69 Å². The number of benzene rings is 2. The lowest BCUT2D eigenvalue weighted by Gasteiger charge is -2.05. The van der Waals surface area contributed by atoms with E-state index in [2.05, 4.69) is 36.8 Å². The molecular weight excluding hydrogens is 416 g/mol. The summed E-state index contributed by atoms with van der Waals surface area (Å²) in [4.78, 5) is 22.1. The van der Waals surface area contributed by atoms with Gasteiger partial charge in [0, 0.05) is 22.7 Å². The minimum atomic E-state index is -0.477. The van der Waals surface area contributed by atoms with Crippen molar-refractivity contribution in [3.63, 3.8) is 0 Å². The molecule has 2 aromatic carbocycles. The summed E-state index contributed by atoms with van der Waals surface area (Å²) in [6, 6.07) is 13.3. The number of carbonyl (C=O) groups is 1. The number of halogens is 1. The van der Waals surface area contributed by atoms with Crippen LogP contribution in [0, 0.1) is 10.1 Å². The highest BCUT2D eigenvalue weighted by atomic mass is 79.9. The molecule has 0 aliphatic carbocycles. The molecule has 0 fully saturated rings. The smallest absolute Gasteiger partial charge is 0.269 e. The zero-order valence-electron chi connectivity index (χ0n) is 13.8. The third-order valence-corrected chi connectivity index (χ3v) is 4.03. The van der Waals surface area contributed by atoms with Gasteiger partial charge in [-0.3, -0.25) is 14.9 Å². The molecule has 0 saturated carbocycles. The van der Waals surface area contributed by atoms with Gasteiger partial charge in [0.15, 0.2) is 5.82 Å². The lowest BCUT2D eigenvalue weighted by atomic mass is 10.2. The van der Waals surface area contributed by atoms with Gasteiger partial charge in [0.2, 0.25) is 5.91 Å². The van der Waals surface area contributed by atoms with Gasteiger partial charge < -0.3 is 5.32 Å². The molecule has 0 aliphatic heterocycles. The first-order valence-corrected chi connectivity index (χ1v) is 8.56. The molecule has 9 nitrogen and oxygen atoms in total. The molecule has 1 N–H and O–H groups in total. The van der Waals surface area contributed by atoms with Crippen LogP contribution in [0.5, 0.6) is 0 Å². The Hall–Kier alpha value is -3.40. The number of nitro benzene ring substituents is 1. The predicted octanol–water partition coefficient (Wildman–Crippen LogP) is 2.66. The van der Waals surface area contributed by atoms with Crippen LogP contribution in [0.4, 0.5) is 5.69 Å². The number of carbonyl (C=O) groups excluding carboxylic acids is 1. The van der Waals surface area contributed by atoms with Gasteiger partial charge >= 0.3 is 0 Å². The van der Waals surface area contributed by atoms with Crippen LogP contribution < -0.4 is 5.32 Å². The number of nitro groups is 1. The fourth-order valence-corrected chi connectivity index (χ4v) is 2.62. The number of rotatable bonds is 6. The first-order valence-electron chi connectivity index (χ1n) is 7.76. The van der Waals surface area contributed by atoms with Crippen LogP contribution in [0.15, 0.2) is 59.1 Å². The highest BCUT2D eigenvalue weighted by Crippen LogP contribution is 2.15.